The molecule has 0 saturated carbocycles. The van der Waals surface area contributed by atoms with Crippen LogP contribution in [0.1, 0.15) is 36.0 Å². The first-order chi connectivity index (χ1) is 13.2. The third-order valence-electron chi connectivity index (χ3n) is 3.99. The Bertz CT molecular complexity index is 1090. The minimum absolute atomic E-state index is 0.0186. The Balaban J connectivity index is 2.10. The number of benzene rings is 1. The number of sulfonamides is 1. The fourth-order valence-corrected chi connectivity index (χ4v) is 4.96. The molecule has 148 valence electrons. The van der Waals surface area contributed by atoms with Crippen LogP contribution in [0, 0.1) is 0 Å². The van der Waals surface area contributed by atoms with E-state index in [1.54, 1.807) is 0 Å². The second-order valence-corrected chi connectivity index (χ2v) is 8.30. The van der Waals surface area contributed by atoms with Gasteiger partial charge in [0.1, 0.15) is 9.88 Å². The molecule has 2 aromatic rings. The van der Waals surface area contributed by atoms with Crippen LogP contribution in [0.3, 0.4) is 0 Å². The molecule has 1 aliphatic heterocycles. The van der Waals surface area contributed by atoms with E-state index in [0.29, 0.717) is 0 Å². The van der Waals surface area contributed by atoms with Gasteiger partial charge in [0.2, 0.25) is 0 Å². The second kappa shape index (κ2) is 7.22. The van der Waals surface area contributed by atoms with Gasteiger partial charge in [0.25, 0.3) is 15.9 Å². The van der Waals surface area contributed by atoms with Gasteiger partial charge >= 0.3 is 11.9 Å². The number of carbonyl (C=O) groups is 3. The van der Waals surface area contributed by atoms with Crippen molar-refractivity contribution in [2.75, 3.05) is 20.0 Å². The van der Waals surface area contributed by atoms with Gasteiger partial charge in [-0.3, -0.25) is 9.80 Å². The molecular weight excluding hydrogens is 410 g/mol. The summed E-state index contributed by atoms with van der Waals surface area (Å²) in [5.41, 5.74) is 5.71. The number of nitrogen functional groups attached to an aromatic ring is 1. The van der Waals surface area contributed by atoms with E-state index in [9.17, 15) is 22.8 Å². The number of carbonyl (C=O) groups excluding carboxylic acids is 3. The third-order valence-corrected chi connectivity index (χ3v) is 6.43. The lowest BCUT2D eigenvalue weighted by molar-refractivity contribution is 0.0586. The topological polar surface area (TPSA) is 145 Å². The number of rotatable bonds is 4. The summed E-state index contributed by atoms with van der Waals surface area (Å²) in [6, 6.07) is 5.69. The molecule has 0 radical (unpaired) electrons. The van der Waals surface area contributed by atoms with E-state index in [1.165, 1.54) is 24.3 Å². The first-order valence-corrected chi connectivity index (χ1v) is 10.0. The van der Waals surface area contributed by atoms with Crippen LogP contribution in [-0.2, 0) is 26.0 Å². The molecule has 2 heterocycles. The lowest BCUT2D eigenvalue weighted by atomic mass is 10.1. The van der Waals surface area contributed by atoms with Crippen LogP contribution in [0.5, 0.6) is 0 Å². The maximum absolute atomic E-state index is 12.8. The number of ether oxygens (including phenoxy) is 2. The Morgan fingerprint density at radius 2 is 1.82 bits per heavy atom. The first-order valence-electron chi connectivity index (χ1n) is 7.72. The molecule has 1 aliphatic rings. The highest BCUT2D eigenvalue weighted by molar-refractivity contribution is 7.89. The van der Waals surface area contributed by atoms with Crippen molar-refractivity contribution in [2.45, 2.75) is 11.4 Å². The van der Waals surface area contributed by atoms with Crippen LogP contribution in [0.15, 0.2) is 29.2 Å². The standard InChI is InChI=1S/C16H15N3O7S2/c1-25-15(21)11-9(12(16(22)26-2)27-13(11)17)7-19-14(20)8-5-3-4-6-10(8)28(23,24)18-19/h3-6,18H,7,17H2,1-2H3. The normalized spacial score (nSPS) is 15.1. The molecule has 0 aliphatic carbocycles. The number of esters is 2. The van der Waals surface area contributed by atoms with Crippen molar-refractivity contribution < 1.29 is 32.3 Å². The Morgan fingerprint density at radius 1 is 1.18 bits per heavy atom. The van der Waals surface area contributed by atoms with Crippen LogP contribution < -0.4 is 10.6 Å². The van der Waals surface area contributed by atoms with Crippen molar-refractivity contribution in [1.82, 2.24) is 9.84 Å². The fourth-order valence-electron chi connectivity index (χ4n) is 2.74. The number of nitrogens with zero attached hydrogens (tertiary/aromatic N) is 1. The van der Waals surface area contributed by atoms with Gasteiger partial charge in [0.15, 0.2) is 0 Å². The Hall–Kier alpha value is -2.96. The zero-order valence-electron chi connectivity index (χ0n) is 14.7. The van der Waals surface area contributed by atoms with Gasteiger partial charge in [0.05, 0.1) is 36.8 Å². The molecule has 1 aromatic carbocycles. The number of amides is 1. The van der Waals surface area contributed by atoms with Gasteiger partial charge in [0, 0.05) is 5.56 Å². The summed E-state index contributed by atoms with van der Waals surface area (Å²) < 4.78 is 34.3. The quantitative estimate of drug-likeness (QED) is 0.683. The van der Waals surface area contributed by atoms with E-state index in [-0.39, 0.29) is 31.5 Å². The number of hydrogen-bond donors (Lipinski definition) is 2. The molecule has 0 bridgehead atoms. The summed E-state index contributed by atoms with van der Waals surface area (Å²) in [4.78, 5) is 38.9. The summed E-state index contributed by atoms with van der Waals surface area (Å²) in [5.74, 6) is -2.26. The largest absolute Gasteiger partial charge is 0.465 e. The van der Waals surface area contributed by atoms with Crippen molar-refractivity contribution in [3.05, 3.63) is 45.8 Å². The van der Waals surface area contributed by atoms with Gasteiger partial charge in [-0.2, -0.15) is 0 Å². The highest BCUT2D eigenvalue weighted by atomic mass is 32.2. The number of nitrogens with two attached hydrogens (primary N) is 1. The van der Waals surface area contributed by atoms with Gasteiger partial charge in [-0.1, -0.05) is 12.1 Å². The van der Waals surface area contributed by atoms with Crippen molar-refractivity contribution in [3.8, 4) is 0 Å². The van der Waals surface area contributed by atoms with Crippen LogP contribution in [0.4, 0.5) is 5.00 Å². The third kappa shape index (κ3) is 3.21. The van der Waals surface area contributed by atoms with Gasteiger partial charge in [-0.25, -0.2) is 18.0 Å². The lowest BCUT2D eigenvalue weighted by Crippen LogP contribution is -2.50. The molecule has 0 spiro atoms. The first kappa shape index (κ1) is 19.8. The van der Waals surface area contributed by atoms with E-state index < -0.39 is 34.4 Å². The average molecular weight is 425 g/mol. The number of nitrogens with one attached hydrogen (secondary N) is 1. The fraction of sp³-hybridized carbons (Fsp3) is 0.188. The molecule has 0 atom stereocenters. The predicted molar refractivity (Wildman–Crippen MR) is 98.0 cm³/mol. The molecule has 10 nitrogen and oxygen atoms in total. The van der Waals surface area contributed by atoms with Crippen LogP contribution in [-0.4, -0.2) is 45.5 Å². The van der Waals surface area contributed by atoms with E-state index >= 15 is 0 Å². The number of hydrogen-bond acceptors (Lipinski definition) is 9. The van der Waals surface area contributed by atoms with Gasteiger partial charge < -0.3 is 15.2 Å². The summed E-state index contributed by atoms with van der Waals surface area (Å²) >= 11 is 0.780. The van der Waals surface area contributed by atoms with E-state index in [2.05, 4.69) is 4.83 Å². The average Bonchev–Trinajstić information content (AvgIpc) is 3.00. The summed E-state index contributed by atoms with van der Waals surface area (Å²) in [6.07, 6.45) is 0. The van der Waals surface area contributed by atoms with Gasteiger partial charge in [-0.05, 0) is 12.1 Å². The van der Waals surface area contributed by atoms with Crippen LogP contribution in [0.25, 0.3) is 0 Å². The zero-order chi connectivity index (χ0) is 20.6. The SMILES string of the molecule is COC(=O)c1sc(N)c(C(=O)OC)c1CN1NS(=O)(=O)c2ccccc2C1=O. The van der Waals surface area contributed by atoms with Crippen LogP contribution in [0.2, 0.25) is 0 Å². The summed E-state index contributed by atoms with van der Waals surface area (Å²) in [5, 5.41) is 0.771. The number of methoxy groups -OCH3 is 2. The number of fused-ring (bicyclic) bond motifs is 1. The lowest BCUT2D eigenvalue weighted by Gasteiger charge is -2.29. The van der Waals surface area contributed by atoms with Crippen LogP contribution >= 0.6 is 11.3 Å². The van der Waals surface area contributed by atoms with Crippen molar-refractivity contribution >= 4 is 44.2 Å². The second-order valence-electron chi connectivity index (χ2n) is 5.61. The zero-order valence-corrected chi connectivity index (χ0v) is 16.3. The number of thiophene rings is 1. The van der Waals surface area contributed by atoms with Crippen molar-refractivity contribution in [1.29, 1.82) is 0 Å². The Morgan fingerprint density at radius 3 is 2.46 bits per heavy atom. The molecule has 1 aromatic heterocycles. The molecule has 1 amide bonds. The molecular formula is C16H15N3O7S2. The van der Waals surface area contributed by atoms with E-state index in [4.69, 9.17) is 15.2 Å². The summed E-state index contributed by atoms with van der Waals surface area (Å²) in [6.45, 7) is -0.436. The van der Waals surface area contributed by atoms with E-state index in [0.717, 1.165) is 30.6 Å². The number of anilines is 1. The summed E-state index contributed by atoms with van der Waals surface area (Å²) in [7, 11) is -1.75. The van der Waals surface area contributed by atoms with Crippen molar-refractivity contribution in [2.24, 2.45) is 0 Å². The molecule has 12 heteroatoms. The molecule has 0 unspecified atom stereocenters. The highest BCUT2D eigenvalue weighted by Gasteiger charge is 2.36. The molecule has 3 N–H and O–H groups in total. The molecule has 3 rings (SSSR count). The predicted octanol–water partition coefficient (Wildman–Crippen LogP) is 0.753. The van der Waals surface area contributed by atoms with E-state index in [1.807, 2.05) is 0 Å². The highest BCUT2D eigenvalue weighted by Crippen LogP contribution is 2.34. The monoisotopic (exact) mass is 425 g/mol. The maximum Gasteiger partial charge on any atom is 0.348 e. The Kier molecular flexibility index (Phi) is 5.10. The van der Waals surface area contributed by atoms with Gasteiger partial charge in [-0.15, -0.1) is 16.2 Å². The minimum Gasteiger partial charge on any atom is -0.465 e. The van der Waals surface area contributed by atoms with Crippen molar-refractivity contribution in [3.63, 3.8) is 0 Å². The molecule has 0 saturated heterocycles. The molecule has 28 heavy (non-hydrogen) atoms. The Labute approximate surface area is 163 Å². The smallest absolute Gasteiger partial charge is 0.348 e. The molecule has 0 fully saturated rings. The minimum atomic E-state index is -4.02. The number of hydrazine groups is 1. The maximum atomic E-state index is 12.8.